The molecular formula is C17H16ClN3O3S. The molecule has 1 amide bonds. The molecule has 0 aliphatic heterocycles. The quantitative estimate of drug-likeness (QED) is 0.602. The molecule has 0 radical (unpaired) electrons. The van der Waals surface area contributed by atoms with E-state index in [1.165, 1.54) is 11.3 Å². The molecule has 6 nitrogen and oxygen atoms in total. The van der Waals surface area contributed by atoms with E-state index in [9.17, 15) is 4.79 Å². The number of hydrogen-bond donors (Lipinski definition) is 1. The van der Waals surface area contributed by atoms with Crippen LogP contribution in [0.2, 0.25) is 5.02 Å². The Kier molecular flexibility index (Phi) is 6.03. The molecule has 0 saturated heterocycles. The number of amides is 1. The highest BCUT2D eigenvalue weighted by Crippen LogP contribution is 2.21. The molecule has 0 saturated carbocycles. The standard InChI is InChI=1S/C17H16ClN3O3S/c18-12-5-7-13(8-6-12)23-9-1-4-15(22)19-11-16-20-17(21-24-16)14-3-2-10-25-14/h2-3,5-8,10H,1,4,9,11H2,(H,19,22). The van der Waals surface area contributed by atoms with Gasteiger partial charge in [-0.2, -0.15) is 4.98 Å². The lowest BCUT2D eigenvalue weighted by molar-refractivity contribution is -0.121. The molecule has 8 heteroatoms. The molecule has 3 aromatic rings. The lowest BCUT2D eigenvalue weighted by atomic mass is 10.3. The van der Waals surface area contributed by atoms with Gasteiger partial charge in [0.15, 0.2) is 0 Å². The smallest absolute Gasteiger partial charge is 0.246 e. The molecular weight excluding hydrogens is 362 g/mol. The van der Waals surface area contributed by atoms with E-state index in [2.05, 4.69) is 15.5 Å². The zero-order chi connectivity index (χ0) is 17.5. The monoisotopic (exact) mass is 377 g/mol. The second-order valence-corrected chi connectivity index (χ2v) is 6.56. The molecule has 0 fully saturated rings. The average molecular weight is 378 g/mol. The molecule has 3 rings (SSSR count). The van der Waals surface area contributed by atoms with E-state index >= 15 is 0 Å². The van der Waals surface area contributed by atoms with Crippen molar-refractivity contribution in [1.29, 1.82) is 0 Å². The topological polar surface area (TPSA) is 77.2 Å². The lowest BCUT2D eigenvalue weighted by Crippen LogP contribution is -2.23. The van der Waals surface area contributed by atoms with Gasteiger partial charge in [-0.1, -0.05) is 22.8 Å². The third-order valence-electron chi connectivity index (χ3n) is 3.28. The van der Waals surface area contributed by atoms with Gasteiger partial charge >= 0.3 is 0 Å². The predicted octanol–water partition coefficient (Wildman–Crippen LogP) is 3.93. The van der Waals surface area contributed by atoms with Crippen LogP contribution >= 0.6 is 22.9 Å². The first-order valence-electron chi connectivity index (χ1n) is 7.72. The number of benzene rings is 1. The second kappa shape index (κ2) is 8.64. The Bertz CT molecular complexity index is 803. The summed E-state index contributed by atoms with van der Waals surface area (Å²) in [7, 11) is 0. The summed E-state index contributed by atoms with van der Waals surface area (Å²) in [5.41, 5.74) is 0. The van der Waals surface area contributed by atoms with Crippen molar-refractivity contribution >= 4 is 28.8 Å². The summed E-state index contributed by atoms with van der Waals surface area (Å²) in [6.45, 7) is 0.674. The Morgan fingerprint density at radius 1 is 1.28 bits per heavy atom. The van der Waals surface area contributed by atoms with E-state index in [0.29, 0.717) is 36.2 Å². The Morgan fingerprint density at radius 3 is 2.88 bits per heavy atom. The molecule has 0 spiro atoms. The Morgan fingerprint density at radius 2 is 2.12 bits per heavy atom. The van der Waals surface area contributed by atoms with E-state index in [-0.39, 0.29) is 12.5 Å². The van der Waals surface area contributed by atoms with Crippen molar-refractivity contribution in [3.05, 3.63) is 52.7 Å². The van der Waals surface area contributed by atoms with E-state index in [1.807, 2.05) is 17.5 Å². The SMILES string of the molecule is O=C(CCCOc1ccc(Cl)cc1)NCc1nc(-c2cccs2)no1. The van der Waals surface area contributed by atoms with Crippen molar-refractivity contribution in [2.24, 2.45) is 0 Å². The number of nitrogens with one attached hydrogen (secondary N) is 1. The van der Waals surface area contributed by atoms with Gasteiger partial charge in [0, 0.05) is 11.4 Å². The lowest BCUT2D eigenvalue weighted by Gasteiger charge is -2.06. The van der Waals surface area contributed by atoms with E-state index in [1.54, 1.807) is 24.3 Å². The zero-order valence-electron chi connectivity index (χ0n) is 13.3. The number of hydrogen-bond acceptors (Lipinski definition) is 6. The molecule has 0 aliphatic rings. The zero-order valence-corrected chi connectivity index (χ0v) is 14.8. The number of thiophene rings is 1. The molecule has 0 bridgehead atoms. The van der Waals surface area contributed by atoms with Gasteiger partial charge in [0.05, 0.1) is 18.0 Å². The molecule has 130 valence electrons. The van der Waals surface area contributed by atoms with Gasteiger partial charge in [-0.15, -0.1) is 11.3 Å². The van der Waals surface area contributed by atoms with Crippen LogP contribution in [0.3, 0.4) is 0 Å². The fourth-order valence-electron chi connectivity index (χ4n) is 2.05. The highest BCUT2D eigenvalue weighted by Gasteiger charge is 2.10. The van der Waals surface area contributed by atoms with E-state index < -0.39 is 0 Å². The summed E-state index contributed by atoms with van der Waals surface area (Å²) in [5, 5.41) is 9.26. The van der Waals surface area contributed by atoms with Gasteiger partial charge in [0.1, 0.15) is 5.75 Å². The van der Waals surface area contributed by atoms with Crippen LogP contribution in [0.5, 0.6) is 5.75 Å². The van der Waals surface area contributed by atoms with Crippen molar-refractivity contribution in [2.75, 3.05) is 6.61 Å². The number of carbonyl (C=O) groups is 1. The Hall–Kier alpha value is -2.38. The average Bonchev–Trinajstić information content (AvgIpc) is 3.29. The van der Waals surface area contributed by atoms with Crippen LogP contribution in [0, 0.1) is 0 Å². The minimum absolute atomic E-state index is 0.0874. The first-order chi connectivity index (χ1) is 12.2. The highest BCUT2D eigenvalue weighted by atomic mass is 35.5. The second-order valence-electron chi connectivity index (χ2n) is 5.17. The van der Waals surface area contributed by atoms with Crippen LogP contribution in [0.1, 0.15) is 18.7 Å². The fraction of sp³-hybridized carbons (Fsp3) is 0.235. The fourth-order valence-corrected chi connectivity index (χ4v) is 2.82. The van der Waals surface area contributed by atoms with E-state index in [4.69, 9.17) is 20.9 Å². The maximum Gasteiger partial charge on any atom is 0.246 e. The third kappa shape index (κ3) is 5.30. The van der Waals surface area contributed by atoms with Crippen LogP contribution in [0.25, 0.3) is 10.7 Å². The van der Waals surface area contributed by atoms with Crippen LogP contribution in [-0.2, 0) is 11.3 Å². The van der Waals surface area contributed by atoms with Crippen molar-refractivity contribution in [3.63, 3.8) is 0 Å². The number of rotatable bonds is 8. The molecule has 0 aliphatic carbocycles. The molecule has 2 aromatic heterocycles. The maximum absolute atomic E-state index is 11.8. The molecule has 0 atom stereocenters. The summed E-state index contributed by atoms with van der Waals surface area (Å²) < 4.78 is 10.7. The van der Waals surface area contributed by atoms with Gasteiger partial charge in [0.2, 0.25) is 17.6 Å². The van der Waals surface area contributed by atoms with Crippen LogP contribution in [-0.4, -0.2) is 22.7 Å². The molecule has 1 N–H and O–H groups in total. The van der Waals surface area contributed by atoms with Gasteiger partial charge < -0.3 is 14.6 Å². The molecule has 25 heavy (non-hydrogen) atoms. The summed E-state index contributed by atoms with van der Waals surface area (Å²) in [6.07, 6.45) is 0.970. The number of carbonyl (C=O) groups excluding carboxylic acids is 1. The van der Waals surface area contributed by atoms with Crippen molar-refractivity contribution in [2.45, 2.75) is 19.4 Å². The highest BCUT2D eigenvalue weighted by molar-refractivity contribution is 7.13. The molecule has 1 aromatic carbocycles. The predicted molar refractivity (Wildman–Crippen MR) is 95.6 cm³/mol. The van der Waals surface area contributed by atoms with Gasteiger partial charge in [-0.3, -0.25) is 4.79 Å². The minimum Gasteiger partial charge on any atom is -0.494 e. The first-order valence-corrected chi connectivity index (χ1v) is 8.98. The van der Waals surface area contributed by atoms with Gasteiger partial charge in [0.25, 0.3) is 0 Å². The Balaban J connectivity index is 1.35. The van der Waals surface area contributed by atoms with Crippen molar-refractivity contribution in [1.82, 2.24) is 15.5 Å². The van der Waals surface area contributed by atoms with E-state index in [0.717, 1.165) is 10.6 Å². The van der Waals surface area contributed by atoms with Gasteiger partial charge in [-0.25, -0.2) is 0 Å². The summed E-state index contributed by atoms with van der Waals surface area (Å²) in [4.78, 5) is 17.0. The number of halogens is 1. The number of ether oxygens (including phenoxy) is 1. The van der Waals surface area contributed by atoms with Crippen LogP contribution in [0.4, 0.5) is 0 Å². The molecule has 2 heterocycles. The summed E-state index contributed by atoms with van der Waals surface area (Å²) >= 11 is 7.34. The first kappa shape index (κ1) is 17.4. The largest absolute Gasteiger partial charge is 0.494 e. The maximum atomic E-state index is 11.8. The number of aromatic nitrogens is 2. The van der Waals surface area contributed by atoms with Crippen molar-refractivity contribution in [3.8, 4) is 16.5 Å². The van der Waals surface area contributed by atoms with Gasteiger partial charge in [-0.05, 0) is 42.1 Å². The third-order valence-corrected chi connectivity index (χ3v) is 4.39. The Labute approximate surface area is 153 Å². The molecule has 0 unspecified atom stereocenters. The van der Waals surface area contributed by atoms with Crippen molar-refractivity contribution < 1.29 is 14.1 Å². The number of nitrogens with zero attached hydrogens (tertiary/aromatic N) is 2. The van der Waals surface area contributed by atoms with Crippen LogP contribution in [0.15, 0.2) is 46.3 Å². The van der Waals surface area contributed by atoms with Crippen LogP contribution < -0.4 is 10.1 Å². The normalized spacial score (nSPS) is 10.6. The summed E-state index contributed by atoms with van der Waals surface area (Å²) in [6, 6.07) is 11.0. The minimum atomic E-state index is -0.0874. The summed E-state index contributed by atoms with van der Waals surface area (Å²) in [5.74, 6) is 1.57.